The first-order valence-corrected chi connectivity index (χ1v) is 7.37. The highest BCUT2D eigenvalue weighted by atomic mass is 16.5. The first-order chi connectivity index (χ1) is 9.77. The second kappa shape index (κ2) is 8.02. The molecule has 0 bridgehead atoms. The number of nitrogens with one attached hydrogen (secondary N) is 1. The van der Waals surface area contributed by atoms with Crippen molar-refractivity contribution in [1.82, 2.24) is 5.32 Å². The van der Waals surface area contributed by atoms with Crippen LogP contribution in [0.4, 0.5) is 0 Å². The maximum atomic E-state index is 11.3. The molecule has 0 aliphatic heterocycles. The van der Waals surface area contributed by atoms with Crippen molar-refractivity contribution in [2.45, 2.75) is 37.7 Å². The lowest BCUT2D eigenvalue weighted by molar-refractivity contribution is -0.138. The first-order valence-electron chi connectivity index (χ1n) is 7.37. The summed E-state index contributed by atoms with van der Waals surface area (Å²) in [6.07, 6.45) is 5.30. The van der Waals surface area contributed by atoms with Crippen LogP contribution in [0.3, 0.4) is 0 Å². The number of hydrogen-bond donors (Lipinski definition) is 2. The number of aliphatic carboxylic acids is 1. The molecule has 110 valence electrons. The summed E-state index contributed by atoms with van der Waals surface area (Å²) in [7, 11) is 0. The maximum absolute atomic E-state index is 11.3. The number of hydrogen-bond acceptors (Lipinski definition) is 3. The van der Waals surface area contributed by atoms with Crippen molar-refractivity contribution in [2.24, 2.45) is 0 Å². The van der Waals surface area contributed by atoms with Gasteiger partial charge < -0.3 is 15.2 Å². The minimum absolute atomic E-state index is 0.418. The highest BCUT2D eigenvalue weighted by molar-refractivity contribution is 5.76. The fourth-order valence-corrected chi connectivity index (χ4v) is 2.63. The van der Waals surface area contributed by atoms with E-state index in [2.05, 4.69) is 5.32 Å². The monoisotopic (exact) mass is 277 g/mol. The molecule has 0 aromatic heterocycles. The van der Waals surface area contributed by atoms with Crippen LogP contribution < -0.4 is 5.32 Å². The Morgan fingerprint density at radius 3 is 2.65 bits per heavy atom. The third-order valence-electron chi connectivity index (χ3n) is 3.78. The van der Waals surface area contributed by atoms with Gasteiger partial charge in [-0.1, -0.05) is 43.2 Å². The summed E-state index contributed by atoms with van der Waals surface area (Å²) in [6.45, 7) is 1.80. The van der Waals surface area contributed by atoms with E-state index in [1.54, 1.807) is 0 Å². The Balaban J connectivity index is 1.69. The normalized spacial score (nSPS) is 17.2. The van der Waals surface area contributed by atoms with Crippen molar-refractivity contribution in [3.63, 3.8) is 0 Å². The zero-order valence-electron chi connectivity index (χ0n) is 11.8. The van der Waals surface area contributed by atoms with Crippen LogP contribution in [0.1, 0.15) is 37.2 Å². The molecule has 1 unspecified atom stereocenters. The van der Waals surface area contributed by atoms with Crippen LogP contribution in [0.15, 0.2) is 30.3 Å². The van der Waals surface area contributed by atoms with E-state index in [9.17, 15) is 9.90 Å². The second-order valence-corrected chi connectivity index (χ2v) is 5.28. The molecule has 0 spiro atoms. The smallest absolute Gasteiger partial charge is 0.312 e. The van der Waals surface area contributed by atoms with E-state index < -0.39 is 11.9 Å². The van der Waals surface area contributed by atoms with Crippen LogP contribution in [0.2, 0.25) is 0 Å². The van der Waals surface area contributed by atoms with Gasteiger partial charge in [0.05, 0.1) is 18.6 Å². The molecule has 0 radical (unpaired) electrons. The Morgan fingerprint density at radius 2 is 2.00 bits per heavy atom. The quantitative estimate of drug-likeness (QED) is 0.716. The third kappa shape index (κ3) is 4.62. The van der Waals surface area contributed by atoms with Crippen LogP contribution in [0.5, 0.6) is 0 Å². The lowest BCUT2D eigenvalue weighted by Gasteiger charge is -2.15. The lowest BCUT2D eigenvalue weighted by Crippen LogP contribution is -2.30. The average molecular weight is 277 g/mol. The highest BCUT2D eigenvalue weighted by Gasteiger charge is 2.19. The van der Waals surface area contributed by atoms with E-state index in [1.165, 1.54) is 25.7 Å². The van der Waals surface area contributed by atoms with E-state index in [0.717, 1.165) is 5.56 Å². The Morgan fingerprint density at radius 1 is 1.30 bits per heavy atom. The van der Waals surface area contributed by atoms with E-state index >= 15 is 0 Å². The maximum Gasteiger partial charge on any atom is 0.312 e. The van der Waals surface area contributed by atoms with Crippen molar-refractivity contribution in [3.8, 4) is 0 Å². The number of carboxylic acid groups (broad SMARTS) is 1. The van der Waals surface area contributed by atoms with Crippen molar-refractivity contribution in [3.05, 3.63) is 35.9 Å². The fourth-order valence-electron chi connectivity index (χ4n) is 2.63. The number of carbonyl (C=O) groups is 1. The van der Waals surface area contributed by atoms with Crippen LogP contribution in [-0.2, 0) is 9.53 Å². The molecule has 20 heavy (non-hydrogen) atoms. The molecule has 1 saturated carbocycles. The molecule has 1 atom stereocenters. The zero-order valence-corrected chi connectivity index (χ0v) is 11.8. The highest BCUT2D eigenvalue weighted by Crippen LogP contribution is 2.20. The van der Waals surface area contributed by atoms with Crippen molar-refractivity contribution < 1.29 is 14.6 Å². The van der Waals surface area contributed by atoms with Gasteiger partial charge in [0.1, 0.15) is 0 Å². The summed E-state index contributed by atoms with van der Waals surface area (Å²) in [5.74, 6) is -1.29. The largest absolute Gasteiger partial charge is 0.481 e. The molecule has 1 aliphatic rings. The lowest BCUT2D eigenvalue weighted by atomic mass is 9.99. The molecule has 4 nitrogen and oxygen atoms in total. The van der Waals surface area contributed by atoms with E-state index in [1.807, 2.05) is 30.3 Å². The van der Waals surface area contributed by atoms with Crippen LogP contribution >= 0.6 is 0 Å². The zero-order chi connectivity index (χ0) is 14.2. The average Bonchev–Trinajstić information content (AvgIpc) is 2.96. The molecular weight excluding hydrogens is 254 g/mol. The summed E-state index contributed by atoms with van der Waals surface area (Å²) >= 11 is 0. The Hall–Kier alpha value is -1.39. The van der Waals surface area contributed by atoms with Gasteiger partial charge in [-0.25, -0.2) is 0 Å². The Bertz CT molecular complexity index is 401. The second-order valence-electron chi connectivity index (χ2n) is 5.28. The van der Waals surface area contributed by atoms with Gasteiger partial charge in [-0.05, 0) is 18.4 Å². The number of ether oxygens (including phenoxy) is 1. The minimum atomic E-state index is -0.791. The Labute approximate surface area is 120 Å². The summed E-state index contributed by atoms with van der Waals surface area (Å²) < 4.78 is 5.74. The molecule has 0 amide bonds. The Kier molecular flexibility index (Phi) is 6.02. The van der Waals surface area contributed by atoms with Gasteiger partial charge in [0.2, 0.25) is 0 Å². The van der Waals surface area contributed by atoms with Gasteiger partial charge in [-0.15, -0.1) is 0 Å². The van der Waals surface area contributed by atoms with Crippen molar-refractivity contribution >= 4 is 5.97 Å². The molecule has 1 fully saturated rings. The van der Waals surface area contributed by atoms with Gasteiger partial charge in [0, 0.05) is 13.1 Å². The van der Waals surface area contributed by atoms with Crippen LogP contribution in [0.25, 0.3) is 0 Å². The van der Waals surface area contributed by atoms with Crippen molar-refractivity contribution in [2.75, 3.05) is 19.7 Å². The topological polar surface area (TPSA) is 58.6 Å². The van der Waals surface area contributed by atoms with E-state index in [4.69, 9.17) is 4.74 Å². The molecule has 1 aliphatic carbocycles. The third-order valence-corrected chi connectivity index (χ3v) is 3.78. The minimum Gasteiger partial charge on any atom is -0.481 e. The molecule has 0 heterocycles. The predicted octanol–water partition coefficient (Wildman–Crippen LogP) is 2.40. The van der Waals surface area contributed by atoms with E-state index in [0.29, 0.717) is 25.8 Å². The number of carboxylic acids is 1. The van der Waals surface area contributed by atoms with Crippen LogP contribution in [-0.4, -0.2) is 36.9 Å². The molecule has 1 aromatic carbocycles. The molecule has 0 saturated heterocycles. The van der Waals surface area contributed by atoms with Gasteiger partial charge in [0.25, 0.3) is 0 Å². The molecule has 2 N–H and O–H groups in total. The van der Waals surface area contributed by atoms with E-state index in [-0.39, 0.29) is 0 Å². The standard InChI is InChI=1S/C16H23NO3/c18-16(19)15(13-6-2-1-3-7-13)12-17-10-11-20-14-8-4-5-9-14/h1-3,6-7,14-15,17H,4-5,8-12H2,(H,18,19). The summed E-state index contributed by atoms with van der Waals surface area (Å²) in [6, 6.07) is 9.35. The number of benzene rings is 1. The molecule has 2 rings (SSSR count). The molecule has 4 heteroatoms. The number of rotatable bonds is 8. The summed E-state index contributed by atoms with van der Waals surface area (Å²) in [5, 5.41) is 12.5. The predicted molar refractivity (Wildman–Crippen MR) is 77.9 cm³/mol. The van der Waals surface area contributed by atoms with Gasteiger partial charge in [0.15, 0.2) is 0 Å². The van der Waals surface area contributed by atoms with Crippen LogP contribution in [0, 0.1) is 0 Å². The van der Waals surface area contributed by atoms with Crippen molar-refractivity contribution in [1.29, 1.82) is 0 Å². The molecule has 1 aromatic rings. The SMILES string of the molecule is O=C(O)C(CNCCOC1CCCC1)c1ccccc1. The fraction of sp³-hybridized carbons (Fsp3) is 0.562. The summed E-state index contributed by atoms with van der Waals surface area (Å²) in [5.41, 5.74) is 0.837. The van der Waals surface area contributed by atoms with Gasteiger partial charge in [-0.3, -0.25) is 4.79 Å². The van der Waals surface area contributed by atoms with Gasteiger partial charge in [-0.2, -0.15) is 0 Å². The van der Waals surface area contributed by atoms with Gasteiger partial charge >= 0.3 is 5.97 Å². The molecular formula is C16H23NO3. The first kappa shape index (κ1) is 15.0. The summed E-state index contributed by atoms with van der Waals surface area (Å²) in [4.78, 5) is 11.3.